The van der Waals surface area contributed by atoms with Crippen molar-refractivity contribution in [3.8, 4) is 66.8 Å². The Morgan fingerprint density at radius 3 is 0.885 bits per heavy atom. The van der Waals surface area contributed by atoms with Crippen molar-refractivity contribution < 1.29 is 52.7 Å². The second-order valence-corrected chi connectivity index (χ2v) is 11.2. The summed E-state index contributed by atoms with van der Waals surface area (Å²) in [4.78, 5) is 0. The summed E-state index contributed by atoms with van der Waals surface area (Å²) in [5.74, 6) is -25.1. The fourth-order valence-corrected chi connectivity index (χ4v) is 5.80. The molecule has 264 valence electrons. The summed E-state index contributed by atoms with van der Waals surface area (Å²) in [7, 11) is 1.32. The topological polar surface area (TPSA) is 75.2 Å². The molecular formula is C34H14F12N6. The molecule has 0 atom stereocenters. The summed E-state index contributed by atoms with van der Waals surface area (Å²) < 4.78 is 188. The van der Waals surface area contributed by atoms with E-state index in [1.165, 1.54) is 7.05 Å². The van der Waals surface area contributed by atoms with Crippen molar-refractivity contribution in [1.29, 1.82) is 0 Å². The van der Waals surface area contributed by atoms with E-state index in [1.807, 2.05) is 0 Å². The van der Waals surface area contributed by atoms with Crippen LogP contribution < -0.4 is 0 Å². The maximum atomic E-state index is 15.8. The van der Waals surface area contributed by atoms with Crippen LogP contribution in [0.15, 0.2) is 55.4 Å². The van der Waals surface area contributed by atoms with Crippen molar-refractivity contribution in [2.75, 3.05) is 0 Å². The van der Waals surface area contributed by atoms with Crippen LogP contribution in [0.5, 0.6) is 0 Å². The minimum absolute atomic E-state index is 0.381. The van der Waals surface area contributed by atoms with E-state index in [0.29, 0.717) is 18.2 Å². The molecule has 3 aromatic heterocycles. The number of aromatic nitrogens is 6. The maximum Gasteiger partial charge on any atom is 0.170 e. The Balaban J connectivity index is 1.56. The second kappa shape index (κ2) is 12.5. The first-order valence-electron chi connectivity index (χ1n) is 14.4. The van der Waals surface area contributed by atoms with Crippen LogP contribution in [0.25, 0.3) is 66.8 Å². The summed E-state index contributed by atoms with van der Waals surface area (Å²) in [5.41, 5.74) is -13.5. The third-order valence-electron chi connectivity index (χ3n) is 8.16. The van der Waals surface area contributed by atoms with Gasteiger partial charge in [0.05, 0.1) is 52.0 Å². The minimum atomic E-state index is -2.16. The number of nitrogens with zero attached hydrogens (tertiary/aromatic N) is 4. The molecule has 0 aliphatic carbocycles. The molecule has 0 fully saturated rings. The predicted molar refractivity (Wildman–Crippen MR) is 160 cm³/mol. The Morgan fingerprint density at radius 2 is 0.654 bits per heavy atom. The van der Waals surface area contributed by atoms with Gasteiger partial charge in [0.1, 0.15) is 0 Å². The molecule has 2 N–H and O–H groups in total. The highest BCUT2D eigenvalue weighted by molar-refractivity contribution is 5.85. The SMILES string of the molecule is Cn1cc(-c2c(F)c(F)c(-c3cc(-c4c(F)c(F)c(-c5cn[nH]c5)c(F)c4F)cc(-c4c(F)c(F)c(-c5cn[nH]c5)c(F)c4F)c3)c(F)c2F)cn1. The van der Waals surface area contributed by atoms with Crippen LogP contribution in [0.4, 0.5) is 52.7 Å². The molecule has 6 nitrogen and oxygen atoms in total. The molecule has 0 unspecified atom stereocenters. The van der Waals surface area contributed by atoms with Gasteiger partial charge in [-0.1, -0.05) is 0 Å². The molecule has 0 bridgehead atoms. The number of hydrogen-bond acceptors (Lipinski definition) is 3. The Labute approximate surface area is 282 Å². The fourth-order valence-electron chi connectivity index (χ4n) is 5.80. The zero-order chi connectivity index (χ0) is 37.3. The number of aromatic amines is 2. The zero-order valence-electron chi connectivity index (χ0n) is 25.5. The van der Waals surface area contributed by atoms with E-state index >= 15 is 52.7 Å². The van der Waals surface area contributed by atoms with E-state index in [4.69, 9.17) is 0 Å². The highest BCUT2D eigenvalue weighted by Crippen LogP contribution is 2.44. The van der Waals surface area contributed by atoms with E-state index in [2.05, 4.69) is 25.5 Å². The summed E-state index contributed by atoms with van der Waals surface area (Å²) in [5, 5.41) is 14.9. The lowest BCUT2D eigenvalue weighted by Gasteiger charge is -2.17. The highest BCUT2D eigenvalue weighted by Gasteiger charge is 2.33. The third-order valence-corrected chi connectivity index (χ3v) is 8.16. The van der Waals surface area contributed by atoms with Crippen molar-refractivity contribution in [3.63, 3.8) is 0 Å². The van der Waals surface area contributed by atoms with Gasteiger partial charge in [0.2, 0.25) is 0 Å². The van der Waals surface area contributed by atoms with Gasteiger partial charge in [-0.05, 0) is 34.9 Å². The quantitative estimate of drug-likeness (QED) is 0.132. The standard InChI is InChI=1S/C34H14F12N6/c1-52-10-16(9-51-52)22-33(45)27(39)19(28(40)34(22)46)13-3-11(17-23(35)29(41)20(30(42)24(17)36)14-5-47-48-6-14)2-12(4-13)18-25(37)31(43)21(32(44)26(18)38)15-7-49-50-8-15/h2-10H,1H3,(H,47,48)(H,49,50). The fraction of sp³-hybridized carbons (Fsp3) is 0.0294. The van der Waals surface area contributed by atoms with Gasteiger partial charge in [-0.2, -0.15) is 15.3 Å². The predicted octanol–water partition coefficient (Wildman–Crippen LogP) is 9.54. The first kappa shape index (κ1) is 34.1. The van der Waals surface area contributed by atoms with E-state index in [1.54, 1.807) is 0 Å². The smallest absolute Gasteiger partial charge is 0.170 e. The van der Waals surface area contributed by atoms with E-state index in [-0.39, 0.29) is 0 Å². The molecule has 52 heavy (non-hydrogen) atoms. The van der Waals surface area contributed by atoms with Crippen LogP contribution in [0.1, 0.15) is 0 Å². The van der Waals surface area contributed by atoms with E-state index in [0.717, 1.165) is 41.9 Å². The number of H-pyrrole nitrogens is 2. The number of rotatable bonds is 6. The van der Waals surface area contributed by atoms with Crippen LogP contribution in [-0.2, 0) is 7.05 Å². The molecule has 18 heteroatoms. The van der Waals surface area contributed by atoms with E-state index in [9.17, 15) is 0 Å². The van der Waals surface area contributed by atoms with Crippen molar-refractivity contribution in [2.45, 2.75) is 0 Å². The molecule has 0 amide bonds. The number of aryl methyl sites for hydroxylation is 1. The van der Waals surface area contributed by atoms with Crippen LogP contribution in [0.2, 0.25) is 0 Å². The first-order chi connectivity index (χ1) is 24.7. The monoisotopic (exact) mass is 734 g/mol. The van der Waals surface area contributed by atoms with Crippen LogP contribution >= 0.6 is 0 Å². The Hall–Kier alpha value is -6.33. The zero-order valence-corrected chi connectivity index (χ0v) is 25.5. The summed E-state index contributed by atoms with van der Waals surface area (Å²) in [6, 6.07) is 1.15. The van der Waals surface area contributed by atoms with Crippen LogP contribution in [0, 0.1) is 69.8 Å². The summed E-state index contributed by atoms with van der Waals surface area (Å²) in [6.45, 7) is 0. The molecule has 0 radical (unpaired) electrons. The molecule has 3 heterocycles. The second-order valence-electron chi connectivity index (χ2n) is 11.2. The van der Waals surface area contributed by atoms with Gasteiger partial charge in [-0.15, -0.1) is 0 Å². The lowest BCUT2D eigenvalue weighted by Crippen LogP contribution is -2.06. The van der Waals surface area contributed by atoms with Gasteiger partial charge in [-0.3, -0.25) is 14.9 Å². The lowest BCUT2D eigenvalue weighted by molar-refractivity contribution is 0.462. The number of halogens is 12. The summed E-state index contributed by atoms with van der Waals surface area (Å²) in [6.07, 6.45) is 5.24. The van der Waals surface area contributed by atoms with E-state index < -0.39 is 137 Å². The largest absolute Gasteiger partial charge is 0.285 e. The molecule has 0 saturated carbocycles. The van der Waals surface area contributed by atoms with Crippen molar-refractivity contribution in [3.05, 3.63) is 125 Å². The van der Waals surface area contributed by atoms with Gasteiger partial charge in [0.15, 0.2) is 69.8 Å². The first-order valence-corrected chi connectivity index (χ1v) is 14.4. The molecule has 7 rings (SSSR count). The van der Waals surface area contributed by atoms with Gasteiger partial charge in [0.25, 0.3) is 0 Å². The third kappa shape index (κ3) is 5.12. The van der Waals surface area contributed by atoms with Crippen LogP contribution in [0.3, 0.4) is 0 Å². The number of benzene rings is 4. The highest BCUT2D eigenvalue weighted by atomic mass is 19.2. The molecule has 0 aliphatic heterocycles. The maximum absolute atomic E-state index is 15.8. The van der Waals surface area contributed by atoms with Crippen molar-refractivity contribution >= 4 is 0 Å². The van der Waals surface area contributed by atoms with Crippen LogP contribution in [-0.4, -0.2) is 30.2 Å². The molecule has 0 aliphatic rings. The van der Waals surface area contributed by atoms with Gasteiger partial charge in [0, 0.05) is 42.3 Å². The number of hydrogen-bond donors (Lipinski definition) is 2. The Morgan fingerprint density at radius 1 is 0.385 bits per heavy atom. The molecule has 4 aromatic carbocycles. The van der Waals surface area contributed by atoms with Crippen molar-refractivity contribution in [2.24, 2.45) is 7.05 Å². The average molecular weight is 735 g/mol. The Bertz CT molecular complexity index is 2350. The van der Waals surface area contributed by atoms with Crippen molar-refractivity contribution in [1.82, 2.24) is 30.2 Å². The summed E-state index contributed by atoms with van der Waals surface area (Å²) >= 11 is 0. The average Bonchev–Trinajstić information content (AvgIpc) is 3.92. The van der Waals surface area contributed by atoms with Gasteiger partial charge < -0.3 is 0 Å². The minimum Gasteiger partial charge on any atom is -0.285 e. The molecule has 7 aromatic rings. The molecule has 0 saturated heterocycles. The lowest BCUT2D eigenvalue weighted by atomic mass is 9.89. The number of nitrogens with one attached hydrogen (secondary N) is 2. The normalized spacial score (nSPS) is 11.6. The van der Waals surface area contributed by atoms with Gasteiger partial charge >= 0.3 is 0 Å². The Kier molecular flexibility index (Phi) is 8.18. The molecule has 0 spiro atoms. The molecular weight excluding hydrogens is 720 g/mol. The van der Waals surface area contributed by atoms with Gasteiger partial charge in [-0.25, -0.2) is 52.7 Å².